The van der Waals surface area contributed by atoms with Crippen molar-refractivity contribution in [2.45, 2.75) is 37.0 Å². The lowest BCUT2D eigenvalue weighted by Gasteiger charge is -2.28. The molecular weight excluding hydrogens is 244 g/mol. The highest BCUT2D eigenvalue weighted by Crippen LogP contribution is 2.30. The van der Waals surface area contributed by atoms with Gasteiger partial charge in [-0.15, -0.1) is 0 Å². The third-order valence-corrected chi connectivity index (χ3v) is 4.75. The van der Waals surface area contributed by atoms with Crippen LogP contribution in [0, 0.1) is 0 Å². The van der Waals surface area contributed by atoms with Crippen molar-refractivity contribution in [3.05, 3.63) is 18.2 Å². The largest absolute Gasteiger partial charge is 0.495 e. The minimum atomic E-state index is 0.585. The maximum absolute atomic E-state index is 5.81. The Morgan fingerprint density at radius 2 is 2.00 bits per heavy atom. The molecule has 3 nitrogen and oxygen atoms in total. The van der Waals surface area contributed by atoms with Gasteiger partial charge in [-0.1, -0.05) is 0 Å². The Bertz CT molecular complexity index is 389. The number of hydrogen-bond acceptors (Lipinski definition) is 4. The predicted octanol–water partition coefficient (Wildman–Crippen LogP) is 3.36. The molecule has 100 valence electrons. The maximum Gasteiger partial charge on any atom is 0.143 e. The molecule has 1 saturated carbocycles. The van der Waals surface area contributed by atoms with E-state index < -0.39 is 0 Å². The molecule has 0 spiro atoms. The lowest BCUT2D eigenvalue weighted by Crippen LogP contribution is -2.27. The molecule has 3 N–H and O–H groups in total. The SMILES string of the molecule is COc1cc(NC2CCC(SC)CC2)ccc1N. The molecule has 0 aliphatic heterocycles. The monoisotopic (exact) mass is 266 g/mol. The van der Waals surface area contributed by atoms with Gasteiger partial charge in [-0.3, -0.25) is 0 Å². The molecule has 4 heteroatoms. The van der Waals surface area contributed by atoms with E-state index in [1.807, 2.05) is 30.0 Å². The first-order chi connectivity index (χ1) is 8.72. The highest BCUT2D eigenvalue weighted by Gasteiger charge is 2.20. The van der Waals surface area contributed by atoms with Gasteiger partial charge in [-0.2, -0.15) is 11.8 Å². The topological polar surface area (TPSA) is 47.3 Å². The number of methoxy groups -OCH3 is 1. The van der Waals surface area contributed by atoms with Gasteiger partial charge in [-0.25, -0.2) is 0 Å². The number of benzene rings is 1. The average Bonchev–Trinajstić information content (AvgIpc) is 2.42. The van der Waals surface area contributed by atoms with Crippen LogP contribution in [0.4, 0.5) is 11.4 Å². The maximum atomic E-state index is 5.81. The van der Waals surface area contributed by atoms with Gasteiger partial charge in [0.2, 0.25) is 0 Å². The summed E-state index contributed by atoms with van der Waals surface area (Å²) < 4.78 is 5.24. The Labute approximate surface area is 113 Å². The van der Waals surface area contributed by atoms with Crippen LogP contribution in [0.15, 0.2) is 18.2 Å². The van der Waals surface area contributed by atoms with Gasteiger partial charge in [0.15, 0.2) is 0 Å². The van der Waals surface area contributed by atoms with Gasteiger partial charge in [0.1, 0.15) is 5.75 Å². The standard InChI is InChI=1S/C14H22N2OS/c1-17-14-9-11(5-8-13(14)15)16-10-3-6-12(18-2)7-4-10/h5,8-10,12,16H,3-4,6-7,15H2,1-2H3. The predicted molar refractivity (Wildman–Crippen MR) is 80.6 cm³/mol. The summed E-state index contributed by atoms with van der Waals surface area (Å²) in [5.74, 6) is 0.748. The normalized spacial score (nSPS) is 23.7. The molecule has 1 fully saturated rings. The first-order valence-corrected chi connectivity index (χ1v) is 7.74. The van der Waals surface area contributed by atoms with Crippen LogP contribution < -0.4 is 15.8 Å². The van der Waals surface area contributed by atoms with E-state index in [1.54, 1.807) is 7.11 Å². The molecule has 2 rings (SSSR count). The van der Waals surface area contributed by atoms with Gasteiger partial charge >= 0.3 is 0 Å². The fourth-order valence-electron chi connectivity index (χ4n) is 2.48. The summed E-state index contributed by atoms with van der Waals surface area (Å²) in [6.45, 7) is 0. The number of nitrogen functional groups attached to an aromatic ring is 1. The fourth-order valence-corrected chi connectivity index (χ4v) is 3.22. The number of rotatable bonds is 4. The van der Waals surface area contributed by atoms with Gasteiger partial charge in [0, 0.05) is 23.0 Å². The molecule has 1 aliphatic carbocycles. The number of anilines is 2. The molecule has 0 bridgehead atoms. The molecule has 18 heavy (non-hydrogen) atoms. The van der Waals surface area contributed by atoms with E-state index in [0.717, 1.165) is 16.7 Å². The summed E-state index contributed by atoms with van der Waals surface area (Å²) in [5.41, 5.74) is 7.61. The van der Waals surface area contributed by atoms with Crippen LogP contribution in [-0.2, 0) is 0 Å². The van der Waals surface area contributed by atoms with E-state index in [2.05, 4.69) is 11.6 Å². The van der Waals surface area contributed by atoms with E-state index in [-0.39, 0.29) is 0 Å². The van der Waals surface area contributed by atoms with Gasteiger partial charge in [-0.05, 0) is 44.1 Å². The molecular formula is C14H22N2OS. The highest BCUT2D eigenvalue weighted by molar-refractivity contribution is 7.99. The zero-order valence-corrected chi connectivity index (χ0v) is 11.9. The van der Waals surface area contributed by atoms with Gasteiger partial charge in [0.25, 0.3) is 0 Å². The molecule has 0 saturated heterocycles. The number of ether oxygens (including phenoxy) is 1. The van der Waals surface area contributed by atoms with Crippen molar-refractivity contribution in [1.29, 1.82) is 0 Å². The molecule has 0 atom stereocenters. The van der Waals surface area contributed by atoms with E-state index in [9.17, 15) is 0 Å². The molecule has 0 radical (unpaired) electrons. The molecule has 1 aromatic rings. The van der Waals surface area contributed by atoms with E-state index >= 15 is 0 Å². The Morgan fingerprint density at radius 3 is 2.61 bits per heavy atom. The number of nitrogens with one attached hydrogen (secondary N) is 1. The van der Waals surface area contributed by atoms with E-state index in [1.165, 1.54) is 25.7 Å². The Morgan fingerprint density at radius 1 is 1.28 bits per heavy atom. The molecule has 1 aromatic carbocycles. The zero-order valence-electron chi connectivity index (χ0n) is 11.1. The third kappa shape index (κ3) is 3.25. The lowest BCUT2D eigenvalue weighted by molar-refractivity contribution is 0.417. The van der Waals surface area contributed by atoms with Gasteiger partial charge in [0.05, 0.1) is 12.8 Å². The lowest BCUT2D eigenvalue weighted by atomic mass is 9.95. The molecule has 0 unspecified atom stereocenters. The first kappa shape index (κ1) is 13.4. The number of hydrogen-bond donors (Lipinski definition) is 2. The quantitative estimate of drug-likeness (QED) is 0.820. The van der Waals surface area contributed by atoms with Crippen molar-refractivity contribution in [2.24, 2.45) is 0 Å². The number of thioether (sulfide) groups is 1. The van der Waals surface area contributed by atoms with Crippen LogP contribution in [0.1, 0.15) is 25.7 Å². The summed E-state index contributed by atoms with van der Waals surface area (Å²) in [7, 11) is 1.65. The van der Waals surface area contributed by atoms with Crippen molar-refractivity contribution in [1.82, 2.24) is 0 Å². The highest BCUT2D eigenvalue weighted by atomic mass is 32.2. The second kappa shape index (κ2) is 6.23. The molecule has 0 amide bonds. The molecule has 0 aromatic heterocycles. The molecule has 1 aliphatic rings. The van der Waals surface area contributed by atoms with E-state index in [4.69, 9.17) is 10.5 Å². The molecule has 0 heterocycles. The first-order valence-electron chi connectivity index (χ1n) is 6.45. The third-order valence-electron chi connectivity index (χ3n) is 3.61. The van der Waals surface area contributed by atoms with E-state index in [0.29, 0.717) is 11.7 Å². The second-order valence-corrected chi connectivity index (χ2v) is 5.95. The van der Waals surface area contributed by atoms with Crippen molar-refractivity contribution < 1.29 is 4.74 Å². The van der Waals surface area contributed by atoms with Crippen LogP contribution >= 0.6 is 11.8 Å². The second-order valence-electron chi connectivity index (χ2n) is 4.81. The zero-order chi connectivity index (χ0) is 13.0. The van der Waals surface area contributed by atoms with Crippen molar-refractivity contribution in [2.75, 3.05) is 24.4 Å². The van der Waals surface area contributed by atoms with Crippen LogP contribution in [0.5, 0.6) is 5.75 Å². The van der Waals surface area contributed by atoms with Crippen molar-refractivity contribution >= 4 is 23.1 Å². The minimum Gasteiger partial charge on any atom is -0.495 e. The summed E-state index contributed by atoms with van der Waals surface area (Å²) >= 11 is 2.00. The van der Waals surface area contributed by atoms with Gasteiger partial charge < -0.3 is 15.8 Å². The van der Waals surface area contributed by atoms with Crippen LogP contribution in [0.3, 0.4) is 0 Å². The summed E-state index contributed by atoms with van der Waals surface area (Å²) in [6, 6.07) is 6.49. The Hall–Kier alpha value is -1.03. The van der Waals surface area contributed by atoms with Crippen LogP contribution in [0.2, 0.25) is 0 Å². The summed E-state index contributed by atoms with van der Waals surface area (Å²) in [5, 5.41) is 4.43. The van der Waals surface area contributed by atoms with Crippen LogP contribution in [-0.4, -0.2) is 24.7 Å². The Balaban J connectivity index is 1.94. The minimum absolute atomic E-state index is 0.585. The fraction of sp³-hybridized carbons (Fsp3) is 0.571. The summed E-state index contributed by atoms with van der Waals surface area (Å²) in [4.78, 5) is 0. The van der Waals surface area contributed by atoms with Crippen LogP contribution in [0.25, 0.3) is 0 Å². The average molecular weight is 266 g/mol. The van der Waals surface area contributed by atoms with Crippen molar-refractivity contribution in [3.63, 3.8) is 0 Å². The smallest absolute Gasteiger partial charge is 0.143 e. The van der Waals surface area contributed by atoms with Crippen molar-refractivity contribution in [3.8, 4) is 5.75 Å². The Kier molecular flexibility index (Phi) is 4.64. The summed E-state index contributed by atoms with van der Waals surface area (Å²) in [6.07, 6.45) is 7.33. The number of nitrogens with two attached hydrogens (primary N) is 1.